The maximum Gasteiger partial charge on any atom is 0.320 e. The van der Waals surface area contributed by atoms with E-state index in [-0.39, 0.29) is 17.7 Å². The summed E-state index contributed by atoms with van der Waals surface area (Å²) in [5.41, 5.74) is 10.7. The number of hydrogen-bond donors (Lipinski definition) is 3. The molecule has 0 radical (unpaired) electrons. The Balaban J connectivity index is 0.000000433. The molecule has 5 nitrogen and oxygen atoms in total. The fraction of sp³-hybridized carbons (Fsp3) is 0.882. The number of hydrogen-bond acceptors (Lipinski definition) is 3. The van der Waals surface area contributed by atoms with Crippen molar-refractivity contribution in [2.24, 2.45) is 41.1 Å². The molecule has 1 aliphatic carbocycles. The van der Waals surface area contributed by atoms with E-state index in [4.69, 9.17) is 16.6 Å². The minimum absolute atomic E-state index is 0.0718. The van der Waals surface area contributed by atoms with Gasteiger partial charge in [-0.1, -0.05) is 47.5 Å². The van der Waals surface area contributed by atoms with Crippen molar-refractivity contribution in [2.75, 3.05) is 0 Å². The monoisotopic (exact) mass is 314 g/mol. The highest BCUT2D eigenvalue weighted by atomic mass is 16.4. The average molecular weight is 314 g/mol. The van der Waals surface area contributed by atoms with Gasteiger partial charge < -0.3 is 16.6 Å². The molecule has 0 aromatic carbocycles. The standard InChI is InChI=1S/C11H21NO.C6H13NO2/c1-7(2)9-5-4-8(3)6-10(9)11(12)13;1-3-4(2)5(7)6(8)9/h7-10H,4-6H2,1-3H3,(H2,12,13);4-5H,3,7H2,1-2H3,(H,8,9)/t;4-,5-/m.0/s1. The van der Waals surface area contributed by atoms with E-state index in [1.165, 1.54) is 12.8 Å². The number of amides is 1. The molecule has 130 valence electrons. The molecular formula is C17H34N2O3. The lowest BCUT2D eigenvalue weighted by molar-refractivity contribution is -0.139. The van der Waals surface area contributed by atoms with Gasteiger partial charge >= 0.3 is 5.97 Å². The molecule has 0 saturated heterocycles. The zero-order valence-electron chi connectivity index (χ0n) is 14.7. The molecular weight excluding hydrogens is 280 g/mol. The van der Waals surface area contributed by atoms with Gasteiger partial charge in [0.1, 0.15) is 6.04 Å². The molecule has 1 amide bonds. The van der Waals surface area contributed by atoms with Crippen LogP contribution in [0.5, 0.6) is 0 Å². The maximum absolute atomic E-state index is 11.2. The highest BCUT2D eigenvalue weighted by Gasteiger charge is 2.33. The molecule has 5 N–H and O–H groups in total. The summed E-state index contributed by atoms with van der Waals surface area (Å²) in [5.74, 6) is 0.979. The summed E-state index contributed by atoms with van der Waals surface area (Å²) < 4.78 is 0. The van der Waals surface area contributed by atoms with Crippen LogP contribution in [-0.4, -0.2) is 23.0 Å². The third-order valence-electron chi connectivity index (χ3n) is 4.93. The zero-order valence-corrected chi connectivity index (χ0v) is 14.7. The lowest BCUT2D eigenvalue weighted by atomic mass is 9.70. The van der Waals surface area contributed by atoms with E-state index < -0.39 is 12.0 Å². The highest BCUT2D eigenvalue weighted by Crippen LogP contribution is 2.37. The topological polar surface area (TPSA) is 106 Å². The molecule has 1 rings (SSSR count). The van der Waals surface area contributed by atoms with Crippen molar-refractivity contribution in [3.05, 3.63) is 0 Å². The first-order chi connectivity index (χ1) is 10.1. The van der Waals surface area contributed by atoms with Gasteiger partial charge in [-0.25, -0.2) is 0 Å². The van der Waals surface area contributed by atoms with Gasteiger partial charge in [0.15, 0.2) is 0 Å². The summed E-state index contributed by atoms with van der Waals surface area (Å²) in [5, 5.41) is 8.36. The number of carboxylic acid groups (broad SMARTS) is 1. The average Bonchev–Trinajstić information content (AvgIpc) is 2.45. The van der Waals surface area contributed by atoms with Crippen molar-refractivity contribution >= 4 is 11.9 Å². The van der Waals surface area contributed by atoms with Gasteiger partial charge in [0.05, 0.1) is 0 Å². The predicted octanol–water partition coefficient (Wildman–Crippen LogP) is 2.62. The van der Waals surface area contributed by atoms with E-state index in [0.717, 1.165) is 12.8 Å². The van der Waals surface area contributed by atoms with Crippen molar-refractivity contribution in [1.29, 1.82) is 0 Å². The molecule has 0 heterocycles. The number of carbonyl (C=O) groups is 2. The summed E-state index contributed by atoms with van der Waals surface area (Å²) in [7, 11) is 0. The Bertz CT molecular complexity index is 358. The van der Waals surface area contributed by atoms with E-state index in [1.54, 1.807) is 0 Å². The Morgan fingerprint density at radius 3 is 2.09 bits per heavy atom. The molecule has 3 unspecified atom stereocenters. The number of carbonyl (C=O) groups excluding carboxylic acids is 1. The zero-order chi connectivity index (χ0) is 17.4. The van der Waals surface area contributed by atoms with Gasteiger partial charge in [-0.3, -0.25) is 9.59 Å². The summed E-state index contributed by atoms with van der Waals surface area (Å²) in [4.78, 5) is 21.4. The largest absolute Gasteiger partial charge is 0.480 e. The number of rotatable bonds is 5. The summed E-state index contributed by atoms with van der Waals surface area (Å²) >= 11 is 0. The van der Waals surface area contributed by atoms with Crippen LogP contribution in [0.2, 0.25) is 0 Å². The third-order valence-corrected chi connectivity index (χ3v) is 4.93. The highest BCUT2D eigenvalue weighted by molar-refractivity contribution is 5.77. The first kappa shape index (κ1) is 20.9. The van der Waals surface area contributed by atoms with Crippen LogP contribution in [0.3, 0.4) is 0 Å². The smallest absolute Gasteiger partial charge is 0.320 e. The Morgan fingerprint density at radius 2 is 1.77 bits per heavy atom. The van der Waals surface area contributed by atoms with Crippen LogP contribution in [0.1, 0.15) is 60.3 Å². The van der Waals surface area contributed by atoms with E-state index >= 15 is 0 Å². The molecule has 0 aliphatic heterocycles. The molecule has 5 atom stereocenters. The minimum Gasteiger partial charge on any atom is -0.480 e. The Labute approximate surface area is 134 Å². The van der Waals surface area contributed by atoms with Crippen molar-refractivity contribution in [3.8, 4) is 0 Å². The van der Waals surface area contributed by atoms with Crippen LogP contribution in [-0.2, 0) is 9.59 Å². The second-order valence-electron chi connectivity index (χ2n) is 7.08. The molecule has 1 fully saturated rings. The molecule has 0 spiro atoms. The SMILES string of the molecule is CC1CCC(C(C)C)C(C(N)=O)C1.CC[C@H](C)[C@H](N)C(=O)O. The summed E-state index contributed by atoms with van der Waals surface area (Å²) in [6.45, 7) is 10.4. The number of aliphatic carboxylic acids is 1. The van der Waals surface area contributed by atoms with Crippen LogP contribution in [0.25, 0.3) is 0 Å². The second kappa shape index (κ2) is 9.82. The molecule has 0 bridgehead atoms. The lowest BCUT2D eigenvalue weighted by Gasteiger charge is -2.35. The molecule has 1 saturated carbocycles. The quantitative estimate of drug-likeness (QED) is 0.725. The predicted molar refractivity (Wildman–Crippen MR) is 89.1 cm³/mol. The molecule has 5 heteroatoms. The van der Waals surface area contributed by atoms with Crippen LogP contribution in [0.4, 0.5) is 0 Å². The number of nitrogens with two attached hydrogens (primary N) is 2. The van der Waals surface area contributed by atoms with Crippen LogP contribution in [0.15, 0.2) is 0 Å². The van der Waals surface area contributed by atoms with Gasteiger partial charge in [0.25, 0.3) is 0 Å². The van der Waals surface area contributed by atoms with Gasteiger partial charge in [-0.2, -0.15) is 0 Å². The Kier molecular flexibility index (Phi) is 9.33. The van der Waals surface area contributed by atoms with E-state index in [1.807, 2.05) is 13.8 Å². The molecule has 0 aromatic rings. The summed E-state index contributed by atoms with van der Waals surface area (Å²) in [6.07, 6.45) is 4.24. The van der Waals surface area contributed by atoms with E-state index in [0.29, 0.717) is 17.8 Å². The van der Waals surface area contributed by atoms with E-state index in [2.05, 4.69) is 20.8 Å². The van der Waals surface area contributed by atoms with Crippen LogP contribution >= 0.6 is 0 Å². The molecule has 1 aliphatic rings. The normalized spacial score (nSPS) is 27.5. The second-order valence-corrected chi connectivity index (χ2v) is 7.08. The van der Waals surface area contributed by atoms with Crippen molar-refractivity contribution in [3.63, 3.8) is 0 Å². The van der Waals surface area contributed by atoms with Crippen molar-refractivity contribution < 1.29 is 14.7 Å². The van der Waals surface area contributed by atoms with Crippen molar-refractivity contribution in [2.45, 2.75) is 66.3 Å². The Morgan fingerprint density at radius 1 is 1.23 bits per heavy atom. The molecule has 22 heavy (non-hydrogen) atoms. The molecule has 0 aromatic heterocycles. The summed E-state index contributed by atoms with van der Waals surface area (Å²) in [6, 6.07) is -0.699. The van der Waals surface area contributed by atoms with Crippen molar-refractivity contribution in [1.82, 2.24) is 0 Å². The van der Waals surface area contributed by atoms with Crippen LogP contribution in [0, 0.1) is 29.6 Å². The fourth-order valence-electron chi connectivity index (χ4n) is 3.03. The number of primary amides is 1. The number of carboxylic acids is 1. The first-order valence-corrected chi connectivity index (χ1v) is 8.39. The van der Waals surface area contributed by atoms with Gasteiger partial charge in [-0.05, 0) is 36.5 Å². The van der Waals surface area contributed by atoms with Gasteiger partial charge in [-0.15, -0.1) is 0 Å². The third kappa shape index (κ3) is 6.77. The van der Waals surface area contributed by atoms with Crippen LogP contribution < -0.4 is 11.5 Å². The first-order valence-electron chi connectivity index (χ1n) is 8.39. The minimum atomic E-state index is -0.913. The Hall–Kier alpha value is -1.10. The fourth-order valence-corrected chi connectivity index (χ4v) is 3.03. The maximum atomic E-state index is 11.2. The van der Waals surface area contributed by atoms with E-state index in [9.17, 15) is 9.59 Å². The lowest BCUT2D eigenvalue weighted by Crippen LogP contribution is -2.37. The van der Waals surface area contributed by atoms with Gasteiger partial charge in [0, 0.05) is 5.92 Å². The van der Waals surface area contributed by atoms with Gasteiger partial charge in [0.2, 0.25) is 5.91 Å².